The van der Waals surface area contributed by atoms with Gasteiger partial charge in [0.15, 0.2) is 0 Å². The Hall–Kier alpha value is -1.79. The average molecular weight is 642 g/mol. The van der Waals surface area contributed by atoms with E-state index in [1.807, 2.05) is 55.4 Å². The fourth-order valence-corrected chi connectivity index (χ4v) is 5.03. The first-order valence-electron chi connectivity index (χ1n) is 16.9. The number of esters is 2. The number of rotatable bonds is 13. The van der Waals surface area contributed by atoms with Crippen LogP contribution in [0.25, 0.3) is 0 Å². The number of nitrogens with zero attached hydrogens (tertiary/aromatic N) is 4. The summed E-state index contributed by atoms with van der Waals surface area (Å²) < 4.78 is 16.9. The standard InChI is InChI=1S/C34H67N5O6/c1-28(2)43-23-13-12-14-35-29(40)24-36-15-16-37(25-30(41)44-33(6,7)8)17-18-38(26-31(42)45-34(9,10)11)20-22-39(21-19-36)27-32(3,4)5/h28H,12-27H2,1-11H3,(H,35,40). The van der Waals surface area contributed by atoms with Crippen molar-refractivity contribution in [3.05, 3.63) is 0 Å². The van der Waals surface area contributed by atoms with Crippen LogP contribution in [0.5, 0.6) is 0 Å². The first kappa shape index (κ1) is 41.2. The van der Waals surface area contributed by atoms with Gasteiger partial charge in [0.05, 0.1) is 25.7 Å². The van der Waals surface area contributed by atoms with E-state index in [2.05, 4.69) is 45.7 Å². The highest BCUT2D eigenvalue weighted by molar-refractivity contribution is 5.78. The van der Waals surface area contributed by atoms with E-state index < -0.39 is 11.2 Å². The van der Waals surface area contributed by atoms with E-state index in [1.54, 1.807) is 0 Å². The normalized spacial score (nSPS) is 17.9. The van der Waals surface area contributed by atoms with Crippen molar-refractivity contribution in [2.75, 3.05) is 91.7 Å². The first-order valence-corrected chi connectivity index (χ1v) is 16.9. The molecule has 1 saturated heterocycles. The first-order chi connectivity index (χ1) is 20.7. The molecule has 0 spiro atoms. The van der Waals surface area contributed by atoms with Gasteiger partial charge in [0.2, 0.25) is 5.91 Å². The molecule has 1 aliphatic rings. The van der Waals surface area contributed by atoms with Crippen LogP contribution in [0.15, 0.2) is 0 Å². The summed E-state index contributed by atoms with van der Waals surface area (Å²) in [7, 11) is 0. The van der Waals surface area contributed by atoms with Gasteiger partial charge >= 0.3 is 11.9 Å². The van der Waals surface area contributed by atoms with Crippen LogP contribution >= 0.6 is 0 Å². The number of nitrogens with one attached hydrogen (secondary N) is 1. The molecule has 11 heteroatoms. The molecule has 1 rings (SSSR count). The second-order valence-corrected chi connectivity index (χ2v) is 15.8. The molecule has 0 radical (unpaired) electrons. The number of carbonyl (C=O) groups excluding carboxylic acids is 3. The van der Waals surface area contributed by atoms with E-state index in [9.17, 15) is 14.4 Å². The highest BCUT2D eigenvalue weighted by Gasteiger charge is 2.25. The van der Waals surface area contributed by atoms with Crippen molar-refractivity contribution in [2.45, 2.75) is 106 Å². The number of hydrogen-bond donors (Lipinski definition) is 1. The van der Waals surface area contributed by atoms with E-state index >= 15 is 0 Å². The Balaban J connectivity index is 3.04. The van der Waals surface area contributed by atoms with Gasteiger partial charge in [-0.05, 0) is 73.6 Å². The van der Waals surface area contributed by atoms with Crippen LogP contribution in [0.2, 0.25) is 0 Å². The van der Waals surface area contributed by atoms with E-state index in [1.165, 1.54) is 0 Å². The molecule has 0 atom stereocenters. The van der Waals surface area contributed by atoms with Gasteiger partial charge in [-0.2, -0.15) is 0 Å². The molecule has 45 heavy (non-hydrogen) atoms. The summed E-state index contributed by atoms with van der Waals surface area (Å²) in [6.45, 7) is 30.2. The molecule has 1 aliphatic heterocycles. The Morgan fingerprint density at radius 2 is 1.02 bits per heavy atom. The number of amides is 1. The third-order valence-electron chi connectivity index (χ3n) is 6.88. The van der Waals surface area contributed by atoms with Gasteiger partial charge in [-0.25, -0.2) is 0 Å². The fourth-order valence-electron chi connectivity index (χ4n) is 5.03. The third kappa shape index (κ3) is 23.2. The zero-order valence-corrected chi connectivity index (χ0v) is 30.6. The van der Waals surface area contributed by atoms with Crippen molar-refractivity contribution in [1.29, 1.82) is 0 Å². The Morgan fingerprint density at radius 3 is 1.40 bits per heavy atom. The Kier molecular flexibility index (Phi) is 18.1. The number of hydrogen-bond acceptors (Lipinski definition) is 10. The summed E-state index contributed by atoms with van der Waals surface area (Å²) >= 11 is 0. The molecule has 0 aromatic carbocycles. The fraction of sp³-hybridized carbons (Fsp3) is 0.912. The van der Waals surface area contributed by atoms with Crippen LogP contribution < -0.4 is 5.32 Å². The van der Waals surface area contributed by atoms with Crippen molar-refractivity contribution in [3.8, 4) is 0 Å². The number of unbranched alkanes of at least 4 members (excludes halogenated alkanes) is 1. The predicted octanol–water partition coefficient (Wildman–Crippen LogP) is 3.26. The van der Waals surface area contributed by atoms with Crippen LogP contribution in [0, 0.1) is 5.41 Å². The molecule has 0 unspecified atom stereocenters. The molecule has 0 bridgehead atoms. The Morgan fingerprint density at radius 1 is 0.622 bits per heavy atom. The molecule has 0 saturated carbocycles. The summed E-state index contributed by atoms with van der Waals surface area (Å²) in [6, 6.07) is 0. The maximum atomic E-state index is 13.0. The summed E-state index contributed by atoms with van der Waals surface area (Å²) in [5.74, 6) is -0.521. The third-order valence-corrected chi connectivity index (χ3v) is 6.88. The molecular formula is C34H67N5O6. The minimum Gasteiger partial charge on any atom is -0.459 e. The maximum absolute atomic E-state index is 13.0. The van der Waals surface area contributed by atoms with Crippen LogP contribution in [-0.2, 0) is 28.6 Å². The second kappa shape index (κ2) is 19.8. The van der Waals surface area contributed by atoms with Crippen molar-refractivity contribution in [2.24, 2.45) is 5.41 Å². The van der Waals surface area contributed by atoms with E-state index in [-0.39, 0.29) is 42.5 Å². The predicted molar refractivity (Wildman–Crippen MR) is 180 cm³/mol. The lowest BCUT2D eigenvalue weighted by Crippen LogP contribution is -2.50. The lowest BCUT2D eigenvalue weighted by atomic mass is 9.96. The van der Waals surface area contributed by atoms with Gasteiger partial charge < -0.3 is 24.4 Å². The smallest absolute Gasteiger partial charge is 0.320 e. The van der Waals surface area contributed by atoms with Crippen molar-refractivity contribution >= 4 is 17.8 Å². The summed E-state index contributed by atoms with van der Waals surface area (Å²) in [5, 5.41) is 3.08. The molecule has 1 amide bonds. The monoisotopic (exact) mass is 642 g/mol. The van der Waals surface area contributed by atoms with E-state index in [4.69, 9.17) is 14.2 Å². The molecule has 0 aliphatic carbocycles. The molecule has 1 N–H and O–H groups in total. The van der Waals surface area contributed by atoms with Crippen LogP contribution in [0.3, 0.4) is 0 Å². The van der Waals surface area contributed by atoms with Gasteiger partial charge in [0.25, 0.3) is 0 Å². The minimum absolute atomic E-state index is 0.0106. The lowest BCUT2D eigenvalue weighted by molar-refractivity contribution is -0.158. The molecule has 11 nitrogen and oxygen atoms in total. The number of carbonyl (C=O) groups is 3. The number of ether oxygens (including phenoxy) is 3. The Bertz CT molecular complexity index is 878. The minimum atomic E-state index is -0.576. The van der Waals surface area contributed by atoms with Crippen LogP contribution in [-0.4, -0.2) is 146 Å². The lowest BCUT2D eigenvalue weighted by Gasteiger charge is -2.36. The zero-order valence-electron chi connectivity index (χ0n) is 30.6. The summed E-state index contributed by atoms with van der Waals surface area (Å²) in [6.07, 6.45) is 2.00. The molecule has 1 fully saturated rings. The molecule has 264 valence electrons. The molecule has 1 heterocycles. The van der Waals surface area contributed by atoms with Crippen molar-refractivity contribution < 1.29 is 28.6 Å². The maximum Gasteiger partial charge on any atom is 0.320 e. The van der Waals surface area contributed by atoms with Gasteiger partial charge in [-0.15, -0.1) is 0 Å². The topological polar surface area (TPSA) is 104 Å². The van der Waals surface area contributed by atoms with Crippen molar-refractivity contribution in [3.63, 3.8) is 0 Å². The largest absolute Gasteiger partial charge is 0.459 e. The zero-order chi connectivity index (χ0) is 34.3. The van der Waals surface area contributed by atoms with Crippen LogP contribution in [0.1, 0.15) is 89.0 Å². The molecule has 0 aromatic rings. The molecular weight excluding hydrogens is 574 g/mol. The average Bonchev–Trinajstić information content (AvgIpc) is 2.84. The summed E-state index contributed by atoms with van der Waals surface area (Å²) in [5.41, 5.74) is -1.03. The highest BCUT2D eigenvalue weighted by atomic mass is 16.6. The van der Waals surface area contributed by atoms with Gasteiger partial charge in [-0.3, -0.25) is 29.1 Å². The van der Waals surface area contributed by atoms with Gasteiger partial charge in [0.1, 0.15) is 11.2 Å². The van der Waals surface area contributed by atoms with E-state index in [0.29, 0.717) is 52.4 Å². The van der Waals surface area contributed by atoms with Crippen LogP contribution in [0.4, 0.5) is 0 Å². The van der Waals surface area contributed by atoms with E-state index in [0.717, 1.165) is 39.0 Å². The highest BCUT2D eigenvalue weighted by Crippen LogP contribution is 2.16. The van der Waals surface area contributed by atoms with Gasteiger partial charge in [0, 0.05) is 72.1 Å². The van der Waals surface area contributed by atoms with Crippen molar-refractivity contribution in [1.82, 2.24) is 24.9 Å². The second-order valence-electron chi connectivity index (χ2n) is 15.8. The SMILES string of the molecule is CC(C)OCCCCNC(=O)CN1CCN(CC(=O)OC(C)(C)C)CCN(CC(=O)OC(C)(C)C)CCN(CC(C)(C)C)CC1. The quantitative estimate of drug-likeness (QED) is 0.238. The molecule has 0 aromatic heterocycles. The Labute approximate surface area is 274 Å². The summed E-state index contributed by atoms with van der Waals surface area (Å²) in [4.78, 5) is 47.4. The van der Waals surface area contributed by atoms with Gasteiger partial charge in [-0.1, -0.05) is 20.8 Å².